The Balaban J connectivity index is 1.82. The third-order valence-corrected chi connectivity index (χ3v) is 3.12. The largest absolute Gasteiger partial charge is 0.510 e. The number of hydrogen-bond acceptors (Lipinski definition) is 3. The molecule has 0 N–H and O–H groups in total. The molecule has 0 spiro atoms. The first kappa shape index (κ1) is 11.2. The zero-order valence-electron chi connectivity index (χ0n) is 10.0. The molecule has 0 aromatic heterocycles. The van der Waals surface area contributed by atoms with Gasteiger partial charge in [0, 0.05) is 12.3 Å². The van der Waals surface area contributed by atoms with Crippen LogP contribution in [0, 0.1) is 17.8 Å². The first-order valence-corrected chi connectivity index (χ1v) is 6.18. The van der Waals surface area contributed by atoms with Crippen molar-refractivity contribution in [2.75, 3.05) is 6.61 Å². The number of benzene rings is 1. The van der Waals surface area contributed by atoms with Gasteiger partial charge in [-0.25, -0.2) is 4.79 Å². The van der Waals surface area contributed by atoms with Gasteiger partial charge in [0.05, 0.1) is 0 Å². The van der Waals surface area contributed by atoms with Gasteiger partial charge in [-0.2, -0.15) is 0 Å². The Labute approximate surface area is 106 Å². The van der Waals surface area contributed by atoms with E-state index < -0.39 is 11.8 Å². The fourth-order valence-corrected chi connectivity index (χ4v) is 1.97. The van der Waals surface area contributed by atoms with Crippen LogP contribution in [-0.4, -0.2) is 18.4 Å². The molecule has 1 atom stereocenters. The number of carbonyl (C=O) groups excluding carboxylic acids is 1. The highest BCUT2D eigenvalue weighted by Crippen LogP contribution is 2.30. The van der Waals surface area contributed by atoms with Gasteiger partial charge >= 0.3 is 6.16 Å². The lowest BCUT2D eigenvalue weighted by molar-refractivity contribution is 0.0947. The zero-order valence-corrected chi connectivity index (χ0v) is 10.0. The molecule has 1 aromatic carbocycles. The standard InChI is InChI=1S/C15H14O3/c16-14-17-11-15(18-14,9-8-12-6-7-12)10-13-4-2-1-3-5-13/h1-5,12H,6-7,10-11H2. The SMILES string of the molecule is O=C1OCC(C#CC2CC2)(Cc2ccccc2)O1. The Hall–Kier alpha value is -1.95. The summed E-state index contributed by atoms with van der Waals surface area (Å²) in [6.07, 6.45) is 2.28. The maximum atomic E-state index is 11.2. The highest BCUT2D eigenvalue weighted by molar-refractivity contribution is 5.64. The van der Waals surface area contributed by atoms with E-state index in [4.69, 9.17) is 9.47 Å². The minimum absolute atomic E-state index is 0.223. The summed E-state index contributed by atoms with van der Waals surface area (Å²) in [4.78, 5) is 11.2. The van der Waals surface area contributed by atoms with Gasteiger partial charge in [-0.3, -0.25) is 0 Å². The van der Waals surface area contributed by atoms with Crippen LogP contribution < -0.4 is 0 Å². The third-order valence-electron chi connectivity index (χ3n) is 3.12. The van der Waals surface area contributed by atoms with Crippen molar-refractivity contribution in [1.29, 1.82) is 0 Å². The number of hydrogen-bond donors (Lipinski definition) is 0. The molecule has 3 rings (SSSR count). The number of carbonyl (C=O) groups is 1. The molecule has 0 bridgehead atoms. The predicted molar refractivity (Wildman–Crippen MR) is 65.8 cm³/mol. The van der Waals surface area contributed by atoms with Crippen molar-refractivity contribution in [1.82, 2.24) is 0 Å². The molecular formula is C15H14O3. The number of cyclic esters (lactones) is 2. The van der Waals surface area contributed by atoms with E-state index >= 15 is 0 Å². The lowest BCUT2D eigenvalue weighted by atomic mass is 9.95. The van der Waals surface area contributed by atoms with Gasteiger partial charge < -0.3 is 9.47 Å². The normalized spacial score (nSPS) is 25.9. The highest BCUT2D eigenvalue weighted by atomic mass is 16.8. The maximum absolute atomic E-state index is 11.2. The molecule has 2 fully saturated rings. The van der Waals surface area contributed by atoms with Crippen LogP contribution >= 0.6 is 0 Å². The van der Waals surface area contributed by atoms with E-state index in [-0.39, 0.29) is 6.61 Å². The van der Waals surface area contributed by atoms with E-state index in [0.29, 0.717) is 12.3 Å². The average molecular weight is 242 g/mol. The fourth-order valence-electron chi connectivity index (χ4n) is 1.97. The molecule has 1 saturated carbocycles. The molecule has 1 aliphatic carbocycles. The average Bonchev–Trinajstić information content (AvgIpc) is 3.14. The van der Waals surface area contributed by atoms with Crippen LogP contribution in [0.15, 0.2) is 30.3 Å². The second kappa shape index (κ2) is 4.38. The van der Waals surface area contributed by atoms with Crippen LogP contribution in [0.1, 0.15) is 18.4 Å². The van der Waals surface area contributed by atoms with Gasteiger partial charge in [0.25, 0.3) is 0 Å². The Kier molecular flexibility index (Phi) is 2.71. The van der Waals surface area contributed by atoms with Gasteiger partial charge in [0.15, 0.2) is 0 Å². The van der Waals surface area contributed by atoms with E-state index in [1.54, 1.807) is 0 Å². The lowest BCUT2D eigenvalue weighted by Crippen LogP contribution is -2.32. The molecule has 3 heteroatoms. The van der Waals surface area contributed by atoms with Crippen LogP contribution in [0.4, 0.5) is 4.79 Å². The lowest BCUT2D eigenvalue weighted by Gasteiger charge is -2.18. The number of ether oxygens (including phenoxy) is 2. The van der Waals surface area contributed by atoms with E-state index in [2.05, 4.69) is 11.8 Å². The van der Waals surface area contributed by atoms with Crippen molar-refractivity contribution in [2.24, 2.45) is 5.92 Å². The molecule has 1 saturated heterocycles. The van der Waals surface area contributed by atoms with Crippen molar-refractivity contribution in [3.05, 3.63) is 35.9 Å². The quantitative estimate of drug-likeness (QED) is 0.590. The molecule has 1 aromatic rings. The van der Waals surface area contributed by atoms with Gasteiger partial charge in [0.2, 0.25) is 5.60 Å². The van der Waals surface area contributed by atoms with Crippen LogP contribution in [0.3, 0.4) is 0 Å². The van der Waals surface area contributed by atoms with E-state index in [1.165, 1.54) is 0 Å². The molecule has 2 aliphatic rings. The Bertz CT molecular complexity index is 508. The summed E-state index contributed by atoms with van der Waals surface area (Å²) >= 11 is 0. The highest BCUT2D eigenvalue weighted by Gasteiger charge is 2.41. The monoisotopic (exact) mass is 242 g/mol. The first-order chi connectivity index (χ1) is 8.76. The second-order valence-electron chi connectivity index (χ2n) is 4.84. The Morgan fingerprint density at radius 3 is 2.67 bits per heavy atom. The van der Waals surface area contributed by atoms with Crippen molar-refractivity contribution in [3.8, 4) is 11.8 Å². The minimum Gasteiger partial charge on any atom is -0.429 e. The van der Waals surface area contributed by atoms with E-state index in [0.717, 1.165) is 18.4 Å². The molecule has 92 valence electrons. The third kappa shape index (κ3) is 2.48. The van der Waals surface area contributed by atoms with Crippen LogP contribution in [0.25, 0.3) is 0 Å². The summed E-state index contributed by atoms with van der Waals surface area (Å²) in [7, 11) is 0. The second-order valence-corrected chi connectivity index (χ2v) is 4.84. The molecule has 1 aliphatic heterocycles. The van der Waals surface area contributed by atoms with Crippen LogP contribution in [0.2, 0.25) is 0 Å². The summed E-state index contributed by atoms with van der Waals surface area (Å²) in [5.41, 5.74) is 0.307. The van der Waals surface area contributed by atoms with Crippen molar-refractivity contribution in [2.45, 2.75) is 24.9 Å². The molecule has 3 nitrogen and oxygen atoms in total. The van der Waals surface area contributed by atoms with E-state index in [1.807, 2.05) is 30.3 Å². The fraction of sp³-hybridized carbons (Fsp3) is 0.400. The zero-order chi connectivity index (χ0) is 12.4. The van der Waals surface area contributed by atoms with Gasteiger partial charge in [-0.05, 0) is 18.4 Å². The van der Waals surface area contributed by atoms with E-state index in [9.17, 15) is 4.79 Å². The number of rotatable bonds is 2. The molecule has 0 radical (unpaired) electrons. The molecule has 18 heavy (non-hydrogen) atoms. The summed E-state index contributed by atoms with van der Waals surface area (Å²) in [5, 5.41) is 0. The van der Waals surface area contributed by atoms with Crippen molar-refractivity contribution >= 4 is 6.16 Å². The minimum atomic E-state index is -0.791. The van der Waals surface area contributed by atoms with Gasteiger partial charge in [-0.15, -0.1) is 0 Å². The predicted octanol–water partition coefficient (Wildman–Crippen LogP) is 2.55. The van der Waals surface area contributed by atoms with Gasteiger partial charge in [0.1, 0.15) is 6.61 Å². The maximum Gasteiger partial charge on any atom is 0.510 e. The Morgan fingerprint density at radius 1 is 1.28 bits per heavy atom. The van der Waals surface area contributed by atoms with Gasteiger partial charge in [-0.1, -0.05) is 42.2 Å². The van der Waals surface area contributed by atoms with Crippen molar-refractivity contribution < 1.29 is 14.3 Å². The smallest absolute Gasteiger partial charge is 0.429 e. The molecule has 1 unspecified atom stereocenters. The van der Waals surface area contributed by atoms with Crippen molar-refractivity contribution in [3.63, 3.8) is 0 Å². The molecule has 1 heterocycles. The summed E-state index contributed by atoms with van der Waals surface area (Å²) in [6.45, 7) is 0.223. The first-order valence-electron chi connectivity index (χ1n) is 6.18. The van der Waals surface area contributed by atoms with Crippen LogP contribution in [0.5, 0.6) is 0 Å². The summed E-state index contributed by atoms with van der Waals surface area (Å²) in [6, 6.07) is 9.91. The topological polar surface area (TPSA) is 35.5 Å². The molecule has 0 amide bonds. The summed E-state index contributed by atoms with van der Waals surface area (Å²) in [5.74, 6) is 6.77. The summed E-state index contributed by atoms with van der Waals surface area (Å²) < 4.78 is 10.2. The molecular weight excluding hydrogens is 228 g/mol. The van der Waals surface area contributed by atoms with Crippen LogP contribution in [-0.2, 0) is 15.9 Å². The Morgan fingerprint density at radius 2 is 2.06 bits per heavy atom.